The number of amides is 1. The maximum Gasteiger partial charge on any atom is 0.217 e. The molecule has 1 heterocycles. The molecule has 2 rings (SSSR count). The fourth-order valence-electron chi connectivity index (χ4n) is 3.12. The molecule has 1 aliphatic rings. The normalized spacial score (nSPS) is 22.8. The van der Waals surface area contributed by atoms with Crippen LogP contribution in [0.15, 0.2) is 23.8 Å². The number of ketones is 1. The van der Waals surface area contributed by atoms with Crippen molar-refractivity contribution in [1.82, 2.24) is 5.32 Å². The zero-order valence-corrected chi connectivity index (χ0v) is 16.6. The standard InChI is InChI=1S/C19H28N2O4S/c1-5-13(6-2)25-15-10-12(9-14(20)18(15)21-11(3)22)19(23)16-7-8-17(24-4)26-16/h7-8,10,13-15,18H,5-6,9,20H2,1-4H3,(H,21,22)/t14-,15+,18+/m0/s1. The second-order valence-corrected chi connectivity index (χ2v) is 7.52. The molecule has 0 spiro atoms. The van der Waals surface area contributed by atoms with Crippen molar-refractivity contribution in [3.05, 3.63) is 28.7 Å². The number of methoxy groups -OCH3 is 1. The van der Waals surface area contributed by atoms with Gasteiger partial charge in [-0.2, -0.15) is 0 Å². The summed E-state index contributed by atoms with van der Waals surface area (Å²) in [6, 6.07) is 2.81. The molecule has 1 aromatic rings. The largest absolute Gasteiger partial charge is 0.487 e. The van der Waals surface area contributed by atoms with E-state index in [1.54, 1.807) is 19.2 Å². The fourth-order valence-corrected chi connectivity index (χ4v) is 3.92. The SMILES string of the molecule is CCC(CC)O[C@@H]1C=C(C(=O)c2ccc(OC)s2)C[C@H](N)[C@H]1NC(C)=O. The van der Waals surface area contributed by atoms with Crippen LogP contribution in [0.2, 0.25) is 0 Å². The lowest BCUT2D eigenvalue weighted by atomic mass is 9.86. The van der Waals surface area contributed by atoms with Gasteiger partial charge in [0.25, 0.3) is 0 Å². The van der Waals surface area contributed by atoms with Crippen LogP contribution < -0.4 is 15.8 Å². The maximum atomic E-state index is 12.9. The highest BCUT2D eigenvalue weighted by atomic mass is 32.1. The van der Waals surface area contributed by atoms with Crippen molar-refractivity contribution in [1.29, 1.82) is 0 Å². The molecular weight excluding hydrogens is 352 g/mol. The summed E-state index contributed by atoms with van der Waals surface area (Å²) in [5.41, 5.74) is 6.93. The Kier molecular flexibility index (Phi) is 7.37. The third-order valence-electron chi connectivity index (χ3n) is 4.56. The molecule has 0 saturated heterocycles. The van der Waals surface area contributed by atoms with Crippen LogP contribution in [0.5, 0.6) is 5.06 Å². The predicted molar refractivity (Wildman–Crippen MR) is 103 cm³/mol. The Morgan fingerprint density at radius 2 is 2.04 bits per heavy atom. The van der Waals surface area contributed by atoms with Gasteiger partial charge in [0.1, 0.15) is 0 Å². The number of rotatable bonds is 8. The van der Waals surface area contributed by atoms with Crippen LogP contribution in [-0.4, -0.2) is 43.1 Å². The first-order valence-electron chi connectivity index (χ1n) is 8.96. The molecular formula is C19H28N2O4S. The van der Waals surface area contributed by atoms with Crippen LogP contribution >= 0.6 is 11.3 Å². The number of Topliss-reactive ketones (excluding diaryl/α,β-unsaturated/α-hetero) is 1. The molecule has 1 aliphatic carbocycles. The first-order valence-corrected chi connectivity index (χ1v) is 9.78. The van der Waals surface area contributed by atoms with Crippen LogP contribution in [0, 0.1) is 0 Å². The summed E-state index contributed by atoms with van der Waals surface area (Å²) >= 11 is 1.31. The molecule has 0 unspecified atom stereocenters. The minimum Gasteiger partial charge on any atom is -0.487 e. The van der Waals surface area contributed by atoms with E-state index >= 15 is 0 Å². The highest BCUT2D eigenvalue weighted by molar-refractivity contribution is 7.16. The van der Waals surface area contributed by atoms with Crippen LogP contribution in [0.4, 0.5) is 0 Å². The second kappa shape index (κ2) is 9.30. The molecule has 0 aliphatic heterocycles. The maximum absolute atomic E-state index is 12.9. The highest BCUT2D eigenvalue weighted by Gasteiger charge is 2.35. The molecule has 1 aromatic heterocycles. The van der Waals surface area contributed by atoms with Gasteiger partial charge in [0, 0.05) is 18.5 Å². The van der Waals surface area contributed by atoms with E-state index in [4.69, 9.17) is 15.2 Å². The zero-order chi connectivity index (χ0) is 19.3. The van der Waals surface area contributed by atoms with Crippen LogP contribution in [0.25, 0.3) is 0 Å². The van der Waals surface area contributed by atoms with Crippen molar-refractivity contribution in [3.8, 4) is 5.06 Å². The van der Waals surface area contributed by atoms with Gasteiger partial charge in [0.05, 0.1) is 30.2 Å². The van der Waals surface area contributed by atoms with Crippen LogP contribution in [0.3, 0.4) is 0 Å². The van der Waals surface area contributed by atoms with Gasteiger partial charge in [-0.25, -0.2) is 0 Å². The number of carbonyl (C=O) groups is 2. The number of hydrogen-bond donors (Lipinski definition) is 2. The highest BCUT2D eigenvalue weighted by Crippen LogP contribution is 2.30. The Bertz CT molecular complexity index is 666. The minimum atomic E-state index is -0.423. The van der Waals surface area contributed by atoms with E-state index in [9.17, 15) is 9.59 Å². The first-order chi connectivity index (χ1) is 12.4. The third kappa shape index (κ3) is 4.93. The molecule has 3 atom stereocenters. The lowest BCUT2D eigenvalue weighted by molar-refractivity contribution is -0.121. The van der Waals surface area contributed by atoms with Crippen LogP contribution in [-0.2, 0) is 9.53 Å². The minimum absolute atomic E-state index is 0.0518. The van der Waals surface area contributed by atoms with Gasteiger partial charge >= 0.3 is 0 Å². The second-order valence-electron chi connectivity index (χ2n) is 6.48. The molecule has 0 aromatic carbocycles. The average molecular weight is 381 g/mol. The van der Waals surface area contributed by atoms with E-state index in [-0.39, 0.29) is 29.9 Å². The molecule has 7 heteroatoms. The van der Waals surface area contributed by atoms with Crippen molar-refractivity contribution >= 4 is 23.0 Å². The van der Waals surface area contributed by atoms with E-state index < -0.39 is 6.10 Å². The van der Waals surface area contributed by atoms with Gasteiger partial charge in [-0.05, 0) is 37.5 Å². The quantitative estimate of drug-likeness (QED) is 0.677. The van der Waals surface area contributed by atoms with Crippen molar-refractivity contribution in [2.24, 2.45) is 5.73 Å². The average Bonchev–Trinajstić information content (AvgIpc) is 3.10. The van der Waals surface area contributed by atoms with Crippen molar-refractivity contribution in [2.45, 2.75) is 64.3 Å². The Morgan fingerprint density at radius 1 is 1.35 bits per heavy atom. The van der Waals surface area contributed by atoms with Gasteiger partial charge in [-0.3, -0.25) is 9.59 Å². The Morgan fingerprint density at radius 3 is 2.58 bits per heavy atom. The molecule has 0 fully saturated rings. The Balaban J connectivity index is 2.28. The van der Waals surface area contributed by atoms with Gasteiger partial charge in [-0.1, -0.05) is 25.2 Å². The lowest BCUT2D eigenvalue weighted by Gasteiger charge is -2.36. The monoisotopic (exact) mass is 380 g/mol. The van der Waals surface area contributed by atoms with Crippen molar-refractivity contribution < 1.29 is 19.1 Å². The molecule has 26 heavy (non-hydrogen) atoms. The summed E-state index contributed by atoms with van der Waals surface area (Å²) < 4.78 is 11.3. The van der Waals surface area contributed by atoms with Crippen molar-refractivity contribution in [2.75, 3.05) is 7.11 Å². The molecule has 0 saturated carbocycles. The van der Waals surface area contributed by atoms with E-state index in [1.807, 2.05) is 6.08 Å². The molecule has 0 bridgehead atoms. The molecule has 1 amide bonds. The number of nitrogens with two attached hydrogens (primary N) is 1. The Hall–Kier alpha value is -1.70. The summed E-state index contributed by atoms with van der Waals surface area (Å²) in [5.74, 6) is -0.220. The fraction of sp³-hybridized carbons (Fsp3) is 0.579. The Labute approximate surface area is 158 Å². The van der Waals surface area contributed by atoms with Gasteiger partial charge < -0.3 is 20.5 Å². The molecule has 0 radical (unpaired) electrons. The topological polar surface area (TPSA) is 90.7 Å². The molecule has 144 valence electrons. The number of carbonyl (C=O) groups excluding carboxylic acids is 2. The van der Waals surface area contributed by atoms with Gasteiger partial charge in [0.15, 0.2) is 10.8 Å². The summed E-state index contributed by atoms with van der Waals surface area (Å²) in [7, 11) is 1.58. The first kappa shape index (κ1) is 20.6. The summed E-state index contributed by atoms with van der Waals surface area (Å²) in [6.45, 7) is 5.57. The van der Waals surface area contributed by atoms with E-state index in [1.165, 1.54) is 18.3 Å². The van der Waals surface area contributed by atoms with E-state index in [2.05, 4.69) is 19.2 Å². The summed E-state index contributed by atoms with van der Waals surface area (Å²) in [4.78, 5) is 25.1. The van der Waals surface area contributed by atoms with Crippen LogP contribution in [0.1, 0.15) is 49.7 Å². The summed E-state index contributed by atoms with van der Waals surface area (Å²) in [6.07, 6.45) is 3.57. The van der Waals surface area contributed by atoms with Gasteiger partial charge in [0.2, 0.25) is 5.91 Å². The van der Waals surface area contributed by atoms with Gasteiger partial charge in [-0.15, -0.1) is 0 Å². The number of hydrogen-bond acceptors (Lipinski definition) is 6. The van der Waals surface area contributed by atoms with E-state index in [0.29, 0.717) is 21.9 Å². The van der Waals surface area contributed by atoms with E-state index in [0.717, 1.165) is 12.8 Å². The molecule has 6 nitrogen and oxygen atoms in total. The predicted octanol–water partition coefficient (Wildman–Crippen LogP) is 2.68. The number of nitrogens with one attached hydrogen (secondary N) is 1. The van der Waals surface area contributed by atoms with Crippen molar-refractivity contribution in [3.63, 3.8) is 0 Å². The third-order valence-corrected chi connectivity index (χ3v) is 5.61. The smallest absolute Gasteiger partial charge is 0.217 e. The zero-order valence-electron chi connectivity index (χ0n) is 15.8. The lowest BCUT2D eigenvalue weighted by Crippen LogP contribution is -2.57. The number of ether oxygens (including phenoxy) is 2. The summed E-state index contributed by atoms with van der Waals surface area (Å²) in [5, 5.41) is 3.58. The molecule has 3 N–H and O–H groups in total. The number of thiophene rings is 1.